The third kappa shape index (κ3) is 3.05. The van der Waals surface area contributed by atoms with E-state index in [0.29, 0.717) is 6.04 Å². The van der Waals surface area contributed by atoms with Gasteiger partial charge < -0.3 is 15.5 Å². The van der Waals surface area contributed by atoms with Crippen LogP contribution in [0.2, 0.25) is 0 Å². The first kappa shape index (κ1) is 14.4. The van der Waals surface area contributed by atoms with Crippen LogP contribution >= 0.6 is 0 Å². The smallest absolute Gasteiger partial charge is 0.321 e. The number of carbonyl (C=O) groups excluding carboxylic acids is 1. The molecule has 2 N–H and O–H groups in total. The van der Waals surface area contributed by atoms with Crippen LogP contribution in [-0.4, -0.2) is 31.1 Å². The second-order valence-electron chi connectivity index (χ2n) is 6.42. The van der Waals surface area contributed by atoms with Crippen molar-refractivity contribution in [3.8, 4) is 0 Å². The van der Waals surface area contributed by atoms with E-state index >= 15 is 0 Å². The maximum atomic E-state index is 12.3. The molecule has 2 aliphatic rings. The number of likely N-dealkylation sites (tertiary alicyclic amines) is 1. The van der Waals surface area contributed by atoms with Crippen molar-refractivity contribution in [2.24, 2.45) is 11.8 Å². The lowest BCUT2D eigenvalue weighted by atomic mass is 10.0. The number of hydrogen-bond donors (Lipinski definition) is 2. The van der Waals surface area contributed by atoms with Crippen LogP contribution in [0.1, 0.15) is 37.8 Å². The highest BCUT2D eigenvalue weighted by molar-refractivity contribution is 5.89. The standard InChI is InChI=1S/C17H25N3O/c1-12(18-2)13-6-8-16(9-7-13)19-17(21)20-10-14-4-3-5-15(14)11-20/h6-9,12,14-15,18H,3-5,10-11H2,1-2H3,(H,19,21). The van der Waals surface area contributed by atoms with Gasteiger partial charge >= 0.3 is 6.03 Å². The largest absolute Gasteiger partial charge is 0.324 e. The molecule has 1 aliphatic carbocycles. The van der Waals surface area contributed by atoms with Crippen molar-refractivity contribution in [3.63, 3.8) is 0 Å². The Morgan fingerprint density at radius 3 is 2.38 bits per heavy atom. The molecule has 2 fully saturated rings. The predicted molar refractivity (Wildman–Crippen MR) is 85.3 cm³/mol. The number of hydrogen-bond acceptors (Lipinski definition) is 2. The molecule has 1 aliphatic heterocycles. The summed E-state index contributed by atoms with van der Waals surface area (Å²) >= 11 is 0. The highest BCUT2D eigenvalue weighted by atomic mass is 16.2. The number of nitrogens with one attached hydrogen (secondary N) is 2. The second kappa shape index (κ2) is 6.06. The minimum absolute atomic E-state index is 0.0545. The molecule has 1 aromatic carbocycles. The first-order chi connectivity index (χ1) is 10.2. The van der Waals surface area contributed by atoms with Gasteiger partial charge in [0.15, 0.2) is 0 Å². The van der Waals surface area contributed by atoms with Gasteiger partial charge in [0.1, 0.15) is 0 Å². The maximum absolute atomic E-state index is 12.3. The number of fused-ring (bicyclic) bond motifs is 1. The lowest BCUT2D eigenvalue weighted by Crippen LogP contribution is -2.33. The predicted octanol–water partition coefficient (Wildman–Crippen LogP) is 3.23. The van der Waals surface area contributed by atoms with Crippen LogP contribution in [0.4, 0.5) is 10.5 Å². The SMILES string of the molecule is CNC(C)c1ccc(NC(=O)N2CC3CCCC3C2)cc1. The molecular weight excluding hydrogens is 262 g/mol. The summed E-state index contributed by atoms with van der Waals surface area (Å²) in [5.41, 5.74) is 2.11. The molecular formula is C17H25N3O. The Bertz CT molecular complexity index is 487. The van der Waals surface area contributed by atoms with Crippen molar-refractivity contribution in [2.75, 3.05) is 25.5 Å². The number of amides is 2. The molecule has 0 bridgehead atoms. The summed E-state index contributed by atoms with van der Waals surface area (Å²) in [5.74, 6) is 1.49. The number of carbonyl (C=O) groups is 1. The number of anilines is 1. The van der Waals surface area contributed by atoms with E-state index in [1.165, 1.54) is 24.8 Å². The molecule has 0 spiro atoms. The van der Waals surface area contributed by atoms with Crippen molar-refractivity contribution in [2.45, 2.75) is 32.2 Å². The zero-order valence-electron chi connectivity index (χ0n) is 12.9. The molecule has 1 saturated heterocycles. The first-order valence-corrected chi connectivity index (χ1v) is 8.00. The lowest BCUT2D eigenvalue weighted by molar-refractivity contribution is 0.219. The summed E-state index contributed by atoms with van der Waals surface area (Å²) in [6, 6.07) is 8.48. The van der Waals surface area contributed by atoms with Crippen molar-refractivity contribution in [1.29, 1.82) is 0 Å². The zero-order valence-corrected chi connectivity index (χ0v) is 12.9. The lowest BCUT2D eigenvalue weighted by Gasteiger charge is -2.18. The van der Waals surface area contributed by atoms with Crippen molar-refractivity contribution < 1.29 is 4.79 Å². The van der Waals surface area contributed by atoms with Gasteiger partial charge in [0.2, 0.25) is 0 Å². The van der Waals surface area contributed by atoms with Crippen molar-refractivity contribution in [1.82, 2.24) is 10.2 Å². The number of nitrogens with zero attached hydrogens (tertiary/aromatic N) is 1. The van der Waals surface area contributed by atoms with Crippen LogP contribution in [0.15, 0.2) is 24.3 Å². The number of benzene rings is 1. The van der Waals surface area contributed by atoms with E-state index < -0.39 is 0 Å². The van der Waals surface area contributed by atoms with Crippen LogP contribution in [0.3, 0.4) is 0 Å². The van der Waals surface area contributed by atoms with E-state index in [0.717, 1.165) is 30.6 Å². The zero-order chi connectivity index (χ0) is 14.8. The minimum Gasteiger partial charge on any atom is -0.324 e. The fraction of sp³-hybridized carbons (Fsp3) is 0.588. The van der Waals surface area contributed by atoms with Gasteiger partial charge in [-0.3, -0.25) is 0 Å². The van der Waals surface area contributed by atoms with E-state index in [9.17, 15) is 4.79 Å². The molecule has 2 amide bonds. The van der Waals surface area contributed by atoms with Gasteiger partial charge in [-0.2, -0.15) is 0 Å². The fourth-order valence-electron chi connectivity index (χ4n) is 3.63. The molecule has 1 aromatic rings. The molecule has 3 unspecified atom stereocenters. The molecule has 4 nitrogen and oxygen atoms in total. The van der Waals surface area contributed by atoms with Crippen molar-refractivity contribution >= 4 is 11.7 Å². The highest BCUT2D eigenvalue weighted by Gasteiger charge is 2.37. The topological polar surface area (TPSA) is 44.4 Å². The van der Waals surface area contributed by atoms with Gasteiger partial charge in [-0.15, -0.1) is 0 Å². The highest BCUT2D eigenvalue weighted by Crippen LogP contribution is 2.37. The Morgan fingerprint density at radius 1 is 1.19 bits per heavy atom. The Balaban J connectivity index is 1.57. The van der Waals surface area contributed by atoms with E-state index in [4.69, 9.17) is 0 Å². The number of urea groups is 1. The van der Waals surface area contributed by atoms with Crippen LogP contribution in [0, 0.1) is 11.8 Å². The van der Waals surface area contributed by atoms with Gasteiger partial charge in [-0.05, 0) is 56.3 Å². The van der Waals surface area contributed by atoms with Gasteiger partial charge in [0.05, 0.1) is 0 Å². The molecule has 1 heterocycles. The average molecular weight is 287 g/mol. The molecule has 0 aromatic heterocycles. The molecule has 21 heavy (non-hydrogen) atoms. The van der Waals surface area contributed by atoms with Gasteiger partial charge in [0, 0.05) is 24.8 Å². The Morgan fingerprint density at radius 2 is 1.81 bits per heavy atom. The van der Waals surface area contributed by atoms with E-state index in [1.807, 2.05) is 24.1 Å². The Labute approximate surface area is 126 Å². The van der Waals surface area contributed by atoms with Gasteiger partial charge in [-0.25, -0.2) is 4.79 Å². The summed E-state index contributed by atoms with van der Waals surface area (Å²) in [5, 5.41) is 6.24. The van der Waals surface area contributed by atoms with Crippen LogP contribution in [0.25, 0.3) is 0 Å². The van der Waals surface area contributed by atoms with Crippen LogP contribution < -0.4 is 10.6 Å². The quantitative estimate of drug-likeness (QED) is 0.896. The first-order valence-electron chi connectivity index (χ1n) is 8.00. The molecule has 3 rings (SSSR count). The molecule has 4 heteroatoms. The summed E-state index contributed by atoms with van der Waals surface area (Å²) in [4.78, 5) is 14.3. The van der Waals surface area contributed by atoms with Gasteiger partial charge in [0.25, 0.3) is 0 Å². The van der Waals surface area contributed by atoms with Crippen LogP contribution in [-0.2, 0) is 0 Å². The Hall–Kier alpha value is -1.55. The van der Waals surface area contributed by atoms with Gasteiger partial charge in [-0.1, -0.05) is 18.6 Å². The molecule has 3 atom stereocenters. The summed E-state index contributed by atoms with van der Waals surface area (Å²) in [7, 11) is 1.95. The number of rotatable bonds is 3. The Kier molecular flexibility index (Phi) is 4.15. The van der Waals surface area contributed by atoms with Crippen molar-refractivity contribution in [3.05, 3.63) is 29.8 Å². The fourth-order valence-corrected chi connectivity index (χ4v) is 3.63. The summed E-state index contributed by atoms with van der Waals surface area (Å²) in [6.07, 6.45) is 3.94. The third-order valence-electron chi connectivity index (χ3n) is 5.11. The monoisotopic (exact) mass is 287 g/mol. The van der Waals surface area contributed by atoms with Crippen LogP contribution in [0.5, 0.6) is 0 Å². The molecule has 0 radical (unpaired) electrons. The van der Waals surface area contributed by atoms with E-state index in [-0.39, 0.29) is 6.03 Å². The summed E-state index contributed by atoms with van der Waals surface area (Å²) in [6.45, 7) is 3.99. The second-order valence-corrected chi connectivity index (χ2v) is 6.42. The maximum Gasteiger partial charge on any atom is 0.321 e. The minimum atomic E-state index is 0.0545. The molecule has 114 valence electrons. The third-order valence-corrected chi connectivity index (χ3v) is 5.11. The van der Waals surface area contributed by atoms with E-state index in [2.05, 4.69) is 29.7 Å². The molecule has 1 saturated carbocycles. The normalized spacial score (nSPS) is 25.7. The summed E-state index contributed by atoms with van der Waals surface area (Å²) < 4.78 is 0. The average Bonchev–Trinajstić information content (AvgIpc) is 3.08. The van der Waals surface area contributed by atoms with E-state index in [1.54, 1.807) is 0 Å².